The first-order chi connectivity index (χ1) is 12.4. The molecule has 2 aromatic carbocycles. The van der Waals surface area contributed by atoms with Crippen LogP contribution in [0.15, 0.2) is 52.1 Å². The molecular formula is C16H10FN3O6. The zero-order valence-electron chi connectivity index (χ0n) is 13.0. The van der Waals surface area contributed by atoms with Gasteiger partial charge in [-0.3, -0.25) is 14.9 Å². The highest BCUT2D eigenvalue weighted by Gasteiger charge is 2.20. The molecule has 0 unspecified atom stereocenters. The maximum absolute atomic E-state index is 13.3. The number of halogens is 1. The van der Waals surface area contributed by atoms with E-state index in [1.165, 1.54) is 12.1 Å². The quantitative estimate of drug-likeness (QED) is 0.324. The number of aromatic amines is 1. The van der Waals surface area contributed by atoms with Gasteiger partial charge in [0.05, 0.1) is 15.8 Å². The van der Waals surface area contributed by atoms with Crippen molar-refractivity contribution in [3.63, 3.8) is 0 Å². The maximum atomic E-state index is 13.3. The maximum Gasteiger partial charge on any atom is 0.331 e. The van der Waals surface area contributed by atoms with Crippen LogP contribution in [0, 0.1) is 15.9 Å². The molecule has 9 nitrogen and oxygen atoms in total. The van der Waals surface area contributed by atoms with E-state index in [9.17, 15) is 28.9 Å². The van der Waals surface area contributed by atoms with Gasteiger partial charge in [0.1, 0.15) is 12.4 Å². The average Bonchev–Trinajstić information content (AvgIpc) is 2.58. The van der Waals surface area contributed by atoms with Crippen molar-refractivity contribution in [1.82, 2.24) is 9.55 Å². The number of para-hydroxylation sites is 1. The highest BCUT2D eigenvalue weighted by atomic mass is 19.1. The monoisotopic (exact) mass is 359 g/mol. The minimum atomic E-state index is -1.14. The normalized spacial score (nSPS) is 10.7. The van der Waals surface area contributed by atoms with Crippen molar-refractivity contribution in [2.24, 2.45) is 0 Å². The molecule has 3 rings (SSSR count). The van der Waals surface area contributed by atoms with Crippen molar-refractivity contribution in [3.05, 3.63) is 79.2 Å². The van der Waals surface area contributed by atoms with Crippen molar-refractivity contribution in [2.45, 2.75) is 6.54 Å². The van der Waals surface area contributed by atoms with Crippen molar-refractivity contribution >= 4 is 22.6 Å². The van der Waals surface area contributed by atoms with Gasteiger partial charge in [-0.2, -0.15) is 0 Å². The first-order valence-electron chi connectivity index (χ1n) is 7.23. The standard InChI is InChI=1S/C16H10FN3O6/c17-9-5-6-12(20(24)25)13(7-9)26-14(21)8-19-15(22)10-3-1-2-4-11(10)18-16(19)23/h1-7H,8H2,(H,18,23). The van der Waals surface area contributed by atoms with Gasteiger partial charge in [0.2, 0.25) is 5.75 Å². The Balaban J connectivity index is 1.94. The molecule has 0 aliphatic heterocycles. The summed E-state index contributed by atoms with van der Waals surface area (Å²) in [5, 5.41) is 11.1. The Morgan fingerprint density at radius 1 is 1.23 bits per heavy atom. The number of aromatic nitrogens is 2. The van der Waals surface area contributed by atoms with E-state index in [0.29, 0.717) is 16.2 Å². The topological polar surface area (TPSA) is 124 Å². The van der Waals surface area contributed by atoms with Crippen LogP contribution in [0.25, 0.3) is 10.9 Å². The molecule has 0 saturated carbocycles. The van der Waals surface area contributed by atoms with Crippen LogP contribution in [-0.2, 0) is 11.3 Å². The Morgan fingerprint density at radius 2 is 1.96 bits per heavy atom. The molecule has 0 aliphatic carbocycles. The Bertz CT molecular complexity index is 1150. The van der Waals surface area contributed by atoms with Gasteiger partial charge in [0.25, 0.3) is 5.56 Å². The Kier molecular flexibility index (Phi) is 4.31. The predicted octanol–water partition coefficient (Wildman–Crippen LogP) is 1.34. The number of nitrogens with one attached hydrogen (secondary N) is 1. The summed E-state index contributed by atoms with van der Waals surface area (Å²) < 4.78 is 18.6. The Hall–Kier alpha value is -3.82. The molecule has 132 valence electrons. The summed E-state index contributed by atoms with van der Waals surface area (Å²) in [5.74, 6) is -2.61. The number of rotatable bonds is 4. The minimum Gasteiger partial charge on any atom is -0.418 e. The van der Waals surface area contributed by atoms with E-state index in [4.69, 9.17) is 4.74 Å². The van der Waals surface area contributed by atoms with Gasteiger partial charge in [-0.05, 0) is 18.2 Å². The summed E-state index contributed by atoms with van der Waals surface area (Å²) in [4.78, 5) is 48.9. The van der Waals surface area contributed by atoms with E-state index in [1.54, 1.807) is 12.1 Å². The predicted molar refractivity (Wildman–Crippen MR) is 87.5 cm³/mol. The number of benzene rings is 2. The second-order valence-corrected chi connectivity index (χ2v) is 5.21. The molecule has 0 saturated heterocycles. The lowest BCUT2D eigenvalue weighted by Crippen LogP contribution is -2.38. The third kappa shape index (κ3) is 3.20. The fourth-order valence-electron chi connectivity index (χ4n) is 2.35. The first kappa shape index (κ1) is 17.0. The molecule has 1 heterocycles. The summed E-state index contributed by atoms with van der Waals surface area (Å²) >= 11 is 0. The van der Waals surface area contributed by atoms with E-state index in [2.05, 4.69) is 4.98 Å². The molecule has 26 heavy (non-hydrogen) atoms. The number of fused-ring (bicyclic) bond motifs is 1. The minimum absolute atomic E-state index is 0.177. The molecule has 0 atom stereocenters. The summed E-state index contributed by atoms with van der Waals surface area (Å²) in [7, 11) is 0. The van der Waals surface area contributed by atoms with E-state index < -0.39 is 45.9 Å². The second kappa shape index (κ2) is 6.59. The van der Waals surface area contributed by atoms with Crippen molar-refractivity contribution < 1.29 is 18.8 Å². The lowest BCUT2D eigenvalue weighted by atomic mass is 10.2. The van der Waals surface area contributed by atoms with Gasteiger partial charge < -0.3 is 9.72 Å². The van der Waals surface area contributed by atoms with Crippen LogP contribution in [0.1, 0.15) is 0 Å². The third-order valence-electron chi connectivity index (χ3n) is 3.52. The molecule has 0 aliphatic rings. The smallest absolute Gasteiger partial charge is 0.331 e. The molecule has 0 amide bonds. The van der Waals surface area contributed by atoms with Gasteiger partial charge in [-0.25, -0.2) is 18.5 Å². The summed E-state index contributed by atoms with van der Waals surface area (Å²) in [6.07, 6.45) is 0. The van der Waals surface area contributed by atoms with E-state index in [0.717, 1.165) is 12.1 Å². The van der Waals surface area contributed by atoms with Crippen LogP contribution in [0.5, 0.6) is 5.75 Å². The summed E-state index contributed by atoms with van der Waals surface area (Å²) in [6, 6.07) is 8.55. The number of ether oxygens (including phenoxy) is 1. The highest BCUT2D eigenvalue weighted by Crippen LogP contribution is 2.27. The number of carbonyl (C=O) groups is 1. The molecular weight excluding hydrogens is 349 g/mol. The van der Waals surface area contributed by atoms with Crippen LogP contribution < -0.4 is 16.0 Å². The largest absolute Gasteiger partial charge is 0.418 e. The lowest BCUT2D eigenvalue weighted by molar-refractivity contribution is -0.385. The van der Waals surface area contributed by atoms with Gasteiger partial charge in [0.15, 0.2) is 0 Å². The van der Waals surface area contributed by atoms with Gasteiger partial charge in [-0.1, -0.05) is 12.1 Å². The molecule has 0 spiro atoms. The van der Waals surface area contributed by atoms with Crippen LogP contribution in [-0.4, -0.2) is 20.4 Å². The van der Waals surface area contributed by atoms with E-state index in [1.807, 2.05) is 0 Å². The lowest BCUT2D eigenvalue weighted by Gasteiger charge is -2.07. The van der Waals surface area contributed by atoms with Crippen molar-refractivity contribution in [2.75, 3.05) is 0 Å². The number of esters is 1. The van der Waals surface area contributed by atoms with Crippen LogP contribution in [0.2, 0.25) is 0 Å². The number of H-pyrrole nitrogens is 1. The zero-order valence-corrected chi connectivity index (χ0v) is 13.0. The van der Waals surface area contributed by atoms with Crippen LogP contribution >= 0.6 is 0 Å². The molecule has 0 radical (unpaired) electrons. The Morgan fingerprint density at radius 3 is 2.69 bits per heavy atom. The molecule has 0 bridgehead atoms. The van der Waals surface area contributed by atoms with Crippen molar-refractivity contribution in [3.8, 4) is 5.75 Å². The van der Waals surface area contributed by atoms with Gasteiger partial charge in [0, 0.05) is 12.1 Å². The summed E-state index contributed by atoms with van der Waals surface area (Å²) in [6.45, 7) is -0.799. The van der Waals surface area contributed by atoms with E-state index in [-0.39, 0.29) is 5.39 Å². The molecule has 3 aromatic rings. The molecule has 10 heteroatoms. The van der Waals surface area contributed by atoms with Crippen LogP contribution in [0.3, 0.4) is 0 Å². The van der Waals surface area contributed by atoms with E-state index >= 15 is 0 Å². The SMILES string of the molecule is O=C(Cn1c(=O)[nH]c2ccccc2c1=O)Oc1cc(F)ccc1[N+](=O)[O-]. The van der Waals surface area contributed by atoms with Gasteiger partial charge in [-0.15, -0.1) is 0 Å². The van der Waals surface area contributed by atoms with Crippen LogP contribution in [0.4, 0.5) is 10.1 Å². The fourth-order valence-corrected chi connectivity index (χ4v) is 2.35. The average molecular weight is 359 g/mol. The zero-order chi connectivity index (χ0) is 18.8. The molecule has 1 N–H and O–H groups in total. The van der Waals surface area contributed by atoms with Crippen molar-refractivity contribution in [1.29, 1.82) is 0 Å². The number of nitro groups is 1. The second-order valence-electron chi connectivity index (χ2n) is 5.21. The number of nitrogens with zero attached hydrogens (tertiary/aromatic N) is 2. The molecule has 0 fully saturated rings. The first-order valence-corrected chi connectivity index (χ1v) is 7.23. The number of nitro benzene ring substituents is 1. The third-order valence-corrected chi connectivity index (χ3v) is 3.52. The summed E-state index contributed by atoms with van der Waals surface area (Å²) in [5.41, 5.74) is -1.90. The number of hydrogen-bond donors (Lipinski definition) is 1. The highest BCUT2D eigenvalue weighted by molar-refractivity contribution is 5.78. The number of carbonyl (C=O) groups excluding carboxylic acids is 1. The number of hydrogen-bond acceptors (Lipinski definition) is 6. The molecule has 1 aromatic heterocycles. The fraction of sp³-hybridized carbons (Fsp3) is 0.0625. The van der Waals surface area contributed by atoms with Gasteiger partial charge >= 0.3 is 17.3 Å². The Labute approximate surface area is 143 Å².